The van der Waals surface area contributed by atoms with Crippen LogP contribution in [0.4, 0.5) is 11.4 Å². The van der Waals surface area contributed by atoms with E-state index in [0.29, 0.717) is 11.4 Å². The molecule has 1 aromatic heterocycles. The van der Waals surface area contributed by atoms with Gasteiger partial charge in [0.05, 0.1) is 11.9 Å². The van der Waals surface area contributed by atoms with E-state index >= 15 is 0 Å². The molecule has 1 heterocycles. The van der Waals surface area contributed by atoms with E-state index in [0.717, 1.165) is 6.26 Å². The van der Waals surface area contributed by atoms with Gasteiger partial charge in [0, 0.05) is 5.69 Å². The second-order valence-corrected chi connectivity index (χ2v) is 6.39. The van der Waals surface area contributed by atoms with E-state index in [4.69, 9.17) is 11.6 Å². The Bertz CT molecular complexity index is 778. The summed E-state index contributed by atoms with van der Waals surface area (Å²) in [6.45, 7) is 0. The summed E-state index contributed by atoms with van der Waals surface area (Å²) in [5.41, 5.74) is 0.966. The molecule has 0 bridgehead atoms. The molecular formula is C13H12ClN3O3S. The summed E-state index contributed by atoms with van der Waals surface area (Å²) in [4.78, 5) is 15.9. The van der Waals surface area contributed by atoms with Crippen LogP contribution in [0.25, 0.3) is 0 Å². The first kappa shape index (κ1) is 15.3. The van der Waals surface area contributed by atoms with Gasteiger partial charge in [-0.1, -0.05) is 23.7 Å². The Kier molecular flexibility index (Phi) is 4.44. The number of halogens is 1. The molecule has 1 amide bonds. The third kappa shape index (κ3) is 4.73. The van der Waals surface area contributed by atoms with E-state index < -0.39 is 15.9 Å². The average Bonchev–Trinajstić information content (AvgIpc) is 2.37. The van der Waals surface area contributed by atoms with Crippen LogP contribution in [-0.4, -0.2) is 25.6 Å². The van der Waals surface area contributed by atoms with Gasteiger partial charge in [-0.2, -0.15) is 0 Å². The van der Waals surface area contributed by atoms with Gasteiger partial charge in [-0.15, -0.1) is 0 Å². The molecule has 2 rings (SSSR count). The number of aromatic nitrogens is 1. The van der Waals surface area contributed by atoms with Crippen LogP contribution in [0.15, 0.2) is 42.5 Å². The van der Waals surface area contributed by atoms with Gasteiger partial charge >= 0.3 is 0 Å². The summed E-state index contributed by atoms with van der Waals surface area (Å²) in [5, 5.41) is 2.83. The number of hydrogen-bond donors (Lipinski definition) is 2. The minimum Gasteiger partial charge on any atom is -0.321 e. The highest BCUT2D eigenvalue weighted by atomic mass is 35.5. The van der Waals surface area contributed by atoms with Gasteiger partial charge in [0.25, 0.3) is 5.91 Å². The third-order valence-electron chi connectivity index (χ3n) is 2.37. The number of carbonyl (C=O) groups excluding carboxylic acids is 1. The van der Waals surface area contributed by atoms with E-state index in [1.54, 1.807) is 30.3 Å². The van der Waals surface area contributed by atoms with Gasteiger partial charge < -0.3 is 5.32 Å². The number of pyridine rings is 1. The number of rotatable bonds is 4. The van der Waals surface area contributed by atoms with E-state index in [9.17, 15) is 13.2 Å². The first-order valence-electron chi connectivity index (χ1n) is 5.85. The predicted molar refractivity (Wildman–Crippen MR) is 82.1 cm³/mol. The van der Waals surface area contributed by atoms with Crippen LogP contribution in [0.5, 0.6) is 0 Å². The van der Waals surface area contributed by atoms with Gasteiger partial charge in [0.2, 0.25) is 10.0 Å². The lowest BCUT2D eigenvalue weighted by atomic mass is 10.2. The van der Waals surface area contributed by atoms with E-state index in [1.807, 2.05) is 0 Å². The lowest BCUT2D eigenvalue weighted by Gasteiger charge is -2.08. The molecule has 0 aliphatic heterocycles. The first-order valence-corrected chi connectivity index (χ1v) is 8.12. The molecule has 2 N–H and O–H groups in total. The standard InChI is InChI=1S/C13H12ClN3O3S/c1-21(19,20)17-10-5-2-4-9(8-10)15-13(18)11-6-3-7-12(14)16-11/h2-8,17H,1H3,(H,15,18). The number of amides is 1. The van der Waals surface area contributed by atoms with Crippen LogP contribution in [0.2, 0.25) is 5.15 Å². The number of nitrogens with zero attached hydrogens (tertiary/aromatic N) is 1. The predicted octanol–water partition coefficient (Wildman–Crippen LogP) is 2.36. The van der Waals surface area contributed by atoms with E-state index in [1.165, 1.54) is 12.1 Å². The van der Waals surface area contributed by atoms with Crippen molar-refractivity contribution >= 4 is 38.9 Å². The van der Waals surface area contributed by atoms with Gasteiger partial charge in [-0.3, -0.25) is 9.52 Å². The Morgan fingerprint density at radius 2 is 1.81 bits per heavy atom. The molecule has 8 heteroatoms. The second kappa shape index (κ2) is 6.11. The Labute approximate surface area is 127 Å². The van der Waals surface area contributed by atoms with Gasteiger partial charge in [0.1, 0.15) is 10.8 Å². The second-order valence-electron chi connectivity index (χ2n) is 4.25. The minimum absolute atomic E-state index is 0.170. The molecule has 0 spiro atoms. The molecule has 6 nitrogen and oxygen atoms in total. The number of anilines is 2. The minimum atomic E-state index is -3.37. The summed E-state index contributed by atoms with van der Waals surface area (Å²) >= 11 is 5.72. The van der Waals surface area contributed by atoms with Crippen LogP contribution in [0, 0.1) is 0 Å². The first-order chi connectivity index (χ1) is 9.83. The zero-order valence-corrected chi connectivity index (χ0v) is 12.6. The van der Waals surface area contributed by atoms with Crippen LogP contribution in [-0.2, 0) is 10.0 Å². The molecule has 0 saturated carbocycles. The molecule has 110 valence electrons. The quantitative estimate of drug-likeness (QED) is 0.845. The number of carbonyl (C=O) groups is 1. The molecule has 0 aliphatic rings. The van der Waals surface area contributed by atoms with Crippen molar-refractivity contribution in [3.63, 3.8) is 0 Å². The molecule has 21 heavy (non-hydrogen) atoms. The van der Waals surface area contributed by atoms with Crippen molar-refractivity contribution in [2.24, 2.45) is 0 Å². The lowest BCUT2D eigenvalue weighted by molar-refractivity contribution is 0.102. The van der Waals surface area contributed by atoms with Gasteiger partial charge in [-0.05, 0) is 30.3 Å². The van der Waals surface area contributed by atoms with Crippen molar-refractivity contribution in [2.75, 3.05) is 16.3 Å². The molecular weight excluding hydrogens is 314 g/mol. The summed E-state index contributed by atoms with van der Waals surface area (Å²) < 4.78 is 24.7. The third-order valence-corrected chi connectivity index (χ3v) is 3.19. The lowest BCUT2D eigenvalue weighted by Crippen LogP contribution is -2.14. The fourth-order valence-corrected chi connectivity index (χ4v) is 2.32. The van der Waals surface area contributed by atoms with E-state index in [-0.39, 0.29) is 10.8 Å². The highest BCUT2D eigenvalue weighted by Gasteiger charge is 2.09. The maximum absolute atomic E-state index is 12.0. The molecule has 0 unspecified atom stereocenters. The summed E-state index contributed by atoms with van der Waals surface area (Å²) in [5.74, 6) is -0.436. The van der Waals surface area contributed by atoms with Crippen molar-refractivity contribution in [3.05, 3.63) is 53.3 Å². The summed E-state index contributed by atoms with van der Waals surface area (Å²) in [7, 11) is -3.37. The van der Waals surface area contributed by atoms with Gasteiger partial charge in [0.15, 0.2) is 0 Å². The summed E-state index contributed by atoms with van der Waals surface area (Å²) in [6, 6.07) is 11.0. The van der Waals surface area contributed by atoms with Crippen LogP contribution < -0.4 is 10.0 Å². The zero-order valence-electron chi connectivity index (χ0n) is 11.0. The monoisotopic (exact) mass is 325 g/mol. The van der Waals surface area contributed by atoms with Crippen molar-refractivity contribution in [3.8, 4) is 0 Å². The topological polar surface area (TPSA) is 88.2 Å². The molecule has 0 aliphatic carbocycles. The fraction of sp³-hybridized carbons (Fsp3) is 0.0769. The number of nitrogens with one attached hydrogen (secondary N) is 2. The maximum Gasteiger partial charge on any atom is 0.274 e. The highest BCUT2D eigenvalue weighted by Crippen LogP contribution is 2.17. The van der Waals surface area contributed by atoms with Crippen molar-refractivity contribution in [1.29, 1.82) is 0 Å². The molecule has 1 aromatic carbocycles. The van der Waals surface area contributed by atoms with Crippen molar-refractivity contribution < 1.29 is 13.2 Å². The number of hydrogen-bond acceptors (Lipinski definition) is 4. The fourth-order valence-electron chi connectivity index (χ4n) is 1.60. The Morgan fingerprint density at radius 1 is 1.14 bits per heavy atom. The van der Waals surface area contributed by atoms with Crippen LogP contribution >= 0.6 is 11.6 Å². The normalized spacial score (nSPS) is 11.0. The van der Waals surface area contributed by atoms with E-state index in [2.05, 4.69) is 15.0 Å². The zero-order chi connectivity index (χ0) is 15.5. The largest absolute Gasteiger partial charge is 0.321 e. The Hall–Kier alpha value is -2.12. The van der Waals surface area contributed by atoms with Crippen LogP contribution in [0.3, 0.4) is 0 Å². The van der Waals surface area contributed by atoms with Crippen molar-refractivity contribution in [1.82, 2.24) is 4.98 Å². The molecule has 2 aromatic rings. The maximum atomic E-state index is 12.0. The number of sulfonamides is 1. The molecule has 0 atom stereocenters. The SMILES string of the molecule is CS(=O)(=O)Nc1cccc(NC(=O)c2cccc(Cl)n2)c1. The molecule has 0 fully saturated rings. The smallest absolute Gasteiger partial charge is 0.274 e. The Morgan fingerprint density at radius 3 is 2.48 bits per heavy atom. The molecule has 0 radical (unpaired) electrons. The average molecular weight is 326 g/mol. The molecule has 0 saturated heterocycles. The highest BCUT2D eigenvalue weighted by molar-refractivity contribution is 7.92. The van der Waals surface area contributed by atoms with Crippen molar-refractivity contribution in [2.45, 2.75) is 0 Å². The van der Waals surface area contributed by atoms with Gasteiger partial charge in [-0.25, -0.2) is 13.4 Å². The number of benzene rings is 1. The Balaban J connectivity index is 2.16. The van der Waals surface area contributed by atoms with Crippen LogP contribution in [0.1, 0.15) is 10.5 Å². The summed E-state index contributed by atoms with van der Waals surface area (Å²) in [6.07, 6.45) is 1.05.